The normalized spacial score (nSPS) is 10.7. The number of carbonyl (C=O) groups excluding carboxylic acids is 2. The predicted molar refractivity (Wildman–Crippen MR) is 126 cm³/mol. The first-order chi connectivity index (χ1) is 16.7. The molecule has 9 heteroatoms. The van der Waals surface area contributed by atoms with Gasteiger partial charge in [-0.25, -0.2) is 9.97 Å². The number of anilines is 1. The summed E-state index contributed by atoms with van der Waals surface area (Å²) in [6.45, 7) is 0. The molecule has 5 aromatic rings. The van der Waals surface area contributed by atoms with Gasteiger partial charge in [-0.2, -0.15) is 10.2 Å². The minimum absolute atomic E-state index is 0.109. The van der Waals surface area contributed by atoms with Crippen LogP contribution in [0, 0.1) is 0 Å². The lowest BCUT2D eigenvalue weighted by atomic mass is 10.1. The Morgan fingerprint density at radius 3 is 1.79 bits per heavy atom. The molecule has 3 aromatic carbocycles. The van der Waals surface area contributed by atoms with E-state index in [1.165, 1.54) is 0 Å². The van der Waals surface area contributed by atoms with Gasteiger partial charge in [-0.05, 0) is 17.7 Å². The highest BCUT2D eigenvalue weighted by atomic mass is 16.2. The highest BCUT2D eigenvalue weighted by molar-refractivity contribution is 6.01. The fourth-order valence-corrected chi connectivity index (χ4v) is 3.35. The summed E-state index contributed by atoms with van der Waals surface area (Å²) in [5, 5.41) is 16.4. The average Bonchev–Trinajstić information content (AvgIpc) is 3.57. The third-order valence-electron chi connectivity index (χ3n) is 5.09. The molecule has 0 saturated heterocycles. The lowest BCUT2D eigenvalue weighted by Crippen LogP contribution is -2.14. The van der Waals surface area contributed by atoms with Gasteiger partial charge in [0.25, 0.3) is 5.91 Å². The van der Waals surface area contributed by atoms with Crippen molar-refractivity contribution in [3.05, 3.63) is 102 Å². The first-order valence-corrected chi connectivity index (χ1v) is 10.5. The highest BCUT2D eigenvalue weighted by Crippen LogP contribution is 2.17. The van der Waals surface area contributed by atoms with E-state index in [9.17, 15) is 9.59 Å². The molecular formula is C25H19N7O2. The van der Waals surface area contributed by atoms with Gasteiger partial charge in [0.15, 0.2) is 17.5 Å². The predicted octanol–water partition coefficient (Wildman–Crippen LogP) is 3.93. The van der Waals surface area contributed by atoms with Gasteiger partial charge in [-0.15, -0.1) is 0 Å². The molecule has 3 N–H and O–H groups in total. The summed E-state index contributed by atoms with van der Waals surface area (Å²) in [4.78, 5) is 33.7. The van der Waals surface area contributed by atoms with Crippen LogP contribution in [0.3, 0.4) is 0 Å². The number of aromatic amines is 2. The van der Waals surface area contributed by atoms with Gasteiger partial charge in [0, 0.05) is 23.2 Å². The molecule has 0 bridgehead atoms. The Morgan fingerprint density at radius 1 is 0.676 bits per heavy atom. The van der Waals surface area contributed by atoms with Crippen molar-refractivity contribution in [2.75, 3.05) is 5.32 Å². The number of aromatic nitrogens is 6. The summed E-state index contributed by atoms with van der Waals surface area (Å²) in [5.74, 6) is 0.649. The Hall–Kier alpha value is -4.92. The van der Waals surface area contributed by atoms with E-state index in [4.69, 9.17) is 0 Å². The minimum atomic E-state index is -0.409. The van der Waals surface area contributed by atoms with Crippen LogP contribution in [0.5, 0.6) is 0 Å². The summed E-state index contributed by atoms with van der Waals surface area (Å²) in [6, 6.07) is 25.8. The van der Waals surface area contributed by atoms with Gasteiger partial charge in [-0.3, -0.25) is 19.8 Å². The van der Waals surface area contributed by atoms with Crippen molar-refractivity contribution in [3.8, 4) is 22.8 Å². The summed E-state index contributed by atoms with van der Waals surface area (Å²) >= 11 is 0. The Kier molecular flexibility index (Phi) is 5.73. The van der Waals surface area contributed by atoms with Crippen LogP contribution >= 0.6 is 0 Å². The number of hydrogen-bond donors (Lipinski definition) is 3. The lowest BCUT2D eigenvalue weighted by Gasteiger charge is -2.04. The lowest BCUT2D eigenvalue weighted by molar-refractivity contribution is 0.0981. The fraction of sp³-hybridized carbons (Fsp3) is 0.0400. The smallest absolute Gasteiger partial charge is 0.293 e. The number of amides is 1. The molecule has 0 radical (unpaired) electrons. The zero-order chi connectivity index (χ0) is 23.3. The number of ketones is 1. The second kappa shape index (κ2) is 9.29. The van der Waals surface area contributed by atoms with Crippen LogP contribution in [-0.2, 0) is 6.42 Å². The first kappa shape index (κ1) is 21.0. The quantitative estimate of drug-likeness (QED) is 0.323. The molecule has 0 saturated carbocycles. The monoisotopic (exact) mass is 449 g/mol. The van der Waals surface area contributed by atoms with E-state index in [0.717, 1.165) is 16.7 Å². The van der Waals surface area contributed by atoms with E-state index < -0.39 is 5.91 Å². The zero-order valence-corrected chi connectivity index (χ0v) is 17.9. The minimum Gasteiger partial charge on any atom is -0.319 e. The van der Waals surface area contributed by atoms with E-state index >= 15 is 0 Å². The Balaban J connectivity index is 1.20. The third-order valence-corrected chi connectivity index (χ3v) is 5.09. The topological polar surface area (TPSA) is 129 Å². The van der Waals surface area contributed by atoms with Gasteiger partial charge >= 0.3 is 0 Å². The van der Waals surface area contributed by atoms with Crippen LogP contribution in [0.1, 0.15) is 26.8 Å². The Labute approximate surface area is 194 Å². The maximum absolute atomic E-state index is 12.6. The number of rotatable bonds is 7. The van der Waals surface area contributed by atoms with Gasteiger partial charge in [0.2, 0.25) is 11.6 Å². The molecule has 5 rings (SSSR count). The number of benzene rings is 3. The maximum Gasteiger partial charge on any atom is 0.293 e. The Bertz CT molecular complexity index is 1310. The number of H-pyrrole nitrogens is 2. The standard InChI is InChI=1S/C25H19N7O2/c33-20(23-27-21(29-31-23)17-7-3-1-4-8-17)15-16-11-13-19(14-12-16)26-25(34)24-28-22(30-32-24)18-9-5-2-6-10-18/h1-14H,15H2,(H,26,34)(H,27,29,31)(H,28,30,32). The molecule has 0 fully saturated rings. The van der Waals surface area contributed by atoms with E-state index in [1.807, 2.05) is 60.7 Å². The first-order valence-electron chi connectivity index (χ1n) is 10.5. The third kappa shape index (κ3) is 4.63. The fourth-order valence-electron chi connectivity index (χ4n) is 3.35. The second-order valence-electron chi connectivity index (χ2n) is 7.50. The van der Waals surface area contributed by atoms with Crippen LogP contribution in [-0.4, -0.2) is 42.1 Å². The van der Waals surface area contributed by atoms with Crippen LogP contribution < -0.4 is 5.32 Å². The number of nitrogens with one attached hydrogen (secondary N) is 3. The molecule has 0 aliphatic rings. The molecule has 34 heavy (non-hydrogen) atoms. The summed E-state index contributed by atoms with van der Waals surface area (Å²) in [6.07, 6.45) is 0.153. The van der Waals surface area contributed by atoms with Crippen molar-refractivity contribution in [2.45, 2.75) is 6.42 Å². The van der Waals surface area contributed by atoms with E-state index in [-0.39, 0.29) is 23.9 Å². The number of nitrogens with zero attached hydrogens (tertiary/aromatic N) is 4. The number of hydrogen-bond acceptors (Lipinski definition) is 6. The van der Waals surface area contributed by atoms with Gasteiger partial charge in [0.1, 0.15) is 0 Å². The molecule has 0 aliphatic heterocycles. The van der Waals surface area contributed by atoms with Crippen molar-refractivity contribution in [1.29, 1.82) is 0 Å². The molecule has 9 nitrogen and oxygen atoms in total. The molecule has 0 spiro atoms. The van der Waals surface area contributed by atoms with Crippen LogP contribution in [0.2, 0.25) is 0 Å². The molecule has 2 heterocycles. The molecule has 2 aromatic heterocycles. The summed E-state index contributed by atoms with van der Waals surface area (Å²) < 4.78 is 0. The van der Waals surface area contributed by atoms with Gasteiger partial charge < -0.3 is 5.32 Å². The van der Waals surface area contributed by atoms with Crippen LogP contribution in [0.25, 0.3) is 22.8 Å². The van der Waals surface area contributed by atoms with E-state index in [1.54, 1.807) is 24.3 Å². The SMILES string of the molecule is O=C(Cc1ccc(NC(=O)c2nc(-c3ccccc3)n[nH]2)cc1)c1nc(-c2ccccc2)n[nH]1. The van der Waals surface area contributed by atoms with E-state index in [0.29, 0.717) is 17.3 Å². The van der Waals surface area contributed by atoms with Crippen molar-refractivity contribution < 1.29 is 9.59 Å². The largest absolute Gasteiger partial charge is 0.319 e. The molecule has 0 atom stereocenters. The van der Waals surface area contributed by atoms with Crippen molar-refractivity contribution in [1.82, 2.24) is 30.4 Å². The van der Waals surface area contributed by atoms with Crippen molar-refractivity contribution in [3.63, 3.8) is 0 Å². The molecule has 166 valence electrons. The summed E-state index contributed by atoms with van der Waals surface area (Å²) in [5.41, 5.74) is 3.01. The number of Topliss-reactive ketones (excluding diaryl/α,β-unsaturated/α-hetero) is 1. The Morgan fingerprint density at radius 2 is 1.21 bits per heavy atom. The molecule has 0 unspecified atom stereocenters. The molecule has 0 aliphatic carbocycles. The van der Waals surface area contributed by atoms with Crippen molar-refractivity contribution >= 4 is 17.4 Å². The van der Waals surface area contributed by atoms with Gasteiger partial charge in [0.05, 0.1) is 0 Å². The summed E-state index contributed by atoms with van der Waals surface area (Å²) in [7, 11) is 0. The van der Waals surface area contributed by atoms with Gasteiger partial charge in [-0.1, -0.05) is 72.8 Å². The molecular weight excluding hydrogens is 430 g/mol. The maximum atomic E-state index is 12.6. The van der Waals surface area contributed by atoms with E-state index in [2.05, 4.69) is 35.7 Å². The number of carbonyl (C=O) groups is 2. The second-order valence-corrected chi connectivity index (χ2v) is 7.50. The molecule has 1 amide bonds. The average molecular weight is 449 g/mol. The van der Waals surface area contributed by atoms with Crippen LogP contribution in [0.4, 0.5) is 5.69 Å². The van der Waals surface area contributed by atoms with Crippen LogP contribution in [0.15, 0.2) is 84.9 Å². The zero-order valence-electron chi connectivity index (χ0n) is 17.9. The highest BCUT2D eigenvalue weighted by Gasteiger charge is 2.15. The van der Waals surface area contributed by atoms with Crippen molar-refractivity contribution in [2.24, 2.45) is 0 Å².